The third kappa shape index (κ3) is 5.11. The van der Waals surface area contributed by atoms with Gasteiger partial charge in [-0.25, -0.2) is 0 Å². The van der Waals surface area contributed by atoms with Crippen LogP contribution >= 0.6 is 15.9 Å². The smallest absolute Gasteiger partial charge is 0.0175 e. The number of fused-ring (bicyclic) bond motifs is 1. The van der Waals surface area contributed by atoms with Crippen LogP contribution in [0.3, 0.4) is 0 Å². The number of rotatable bonds is 3. The zero-order valence-corrected chi connectivity index (χ0v) is 19.4. The molecule has 0 radical (unpaired) electrons. The molecule has 0 spiro atoms. The van der Waals surface area contributed by atoms with Crippen molar-refractivity contribution in [2.75, 3.05) is 0 Å². The summed E-state index contributed by atoms with van der Waals surface area (Å²) in [6, 6.07) is 16.6. The van der Waals surface area contributed by atoms with Crippen molar-refractivity contribution in [1.82, 2.24) is 0 Å². The number of hydrogen-bond acceptors (Lipinski definition) is 0. The van der Waals surface area contributed by atoms with Crippen LogP contribution in [0.25, 0.3) is 35.1 Å². The molecule has 0 nitrogen and oxygen atoms in total. The molecule has 146 valence electrons. The fourth-order valence-corrected chi connectivity index (χ4v) is 3.30. The maximum atomic E-state index is 4.31. The van der Waals surface area contributed by atoms with Crippen LogP contribution < -0.4 is 10.4 Å². The van der Waals surface area contributed by atoms with Gasteiger partial charge < -0.3 is 0 Å². The number of halogens is 1. The van der Waals surface area contributed by atoms with Crippen LogP contribution in [0.5, 0.6) is 0 Å². The van der Waals surface area contributed by atoms with E-state index in [0.717, 1.165) is 31.6 Å². The third-order valence-corrected chi connectivity index (χ3v) is 4.96. The molecule has 3 aromatic rings. The topological polar surface area (TPSA) is 0 Å². The second-order valence-corrected chi connectivity index (χ2v) is 6.77. The van der Waals surface area contributed by atoms with Crippen LogP contribution in [0.4, 0.5) is 0 Å². The quantitative estimate of drug-likeness (QED) is 0.399. The molecule has 0 aliphatic carbocycles. The Hall–Kier alpha value is -2.38. The van der Waals surface area contributed by atoms with E-state index in [0.29, 0.717) is 0 Å². The van der Waals surface area contributed by atoms with E-state index in [1.165, 1.54) is 16.3 Å². The van der Waals surface area contributed by atoms with Gasteiger partial charge in [-0.1, -0.05) is 106 Å². The molecule has 0 fully saturated rings. The van der Waals surface area contributed by atoms with Crippen molar-refractivity contribution in [2.45, 2.75) is 34.6 Å². The zero-order chi connectivity index (χ0) is 21.3. The lowest BCUT2D eigenvalue weighted by Gasteiger charge is -2.10. The van der Waals surface area contributed by atoms with Crippen molar-refractivity contribution in [1.29, 1.82) is 0 Å². The molecule has 3 rings (SSSR count). The van der Waals surface area contributed by atoms with Crippen LogP contribution in [-0.4, -0.2) is 0 Å². The summed E-state index contributed by atoms with van der Waals surface area (Å²) in [5, 5.41) is 4.54. The minimum Gasteiger partial charge on any atom is -0.0984 e. The van der Waals surface area contributed by atoms with Gasteiger partial charge in [-0.3, -0.25) is 0 Å². The number of benzene rings is 3. The van der Waals surface area contributed by atoms with Crippen molar-refractivity contribution in [2.24, 2.45) is 0 Å². The summed E-state index contributed by atoms with van der Waals surface area (Å²) < 4.78 is 1.06. The summed E-state index contributed by atoms with van der Waals surface area (Å²) in [5.74, 6) is 0. The maximum absolute atomic E-state index is 4.31. The Kier molecular flexibility index (Phi) is 9.68. The highest BCUT2D eigenvalue weighted by atomic mass is 79.9. The van der Waals surface area contributed by atoms with E-state index >= 15 is 0 Å². The van der Waals surface area contributed by atoms with Crippen molar-refractivity contribution >= 4 is 51.0 Å². The molecule has 0 aliphatic heterocycles. The highest BCUT2D eigenvalue weighted by Crippen LogP contribution is 2.20. The molecule has 0 unspecified atom stereocenters. The SMILES string of the molecule is C=Cc1c(C)c(=C)/c(=C\C(=C)c2ccc(Br)cc2)c2ccccc12.CC.CC. The average Bonchev–Trinajstić information content (AvgIpc) is 2.75. The summed E-state index contributed by atoms with van der Waals surface area (Å²) in [4.78, 5) is 0. The molecule has 1 heteroatoms. The standard InChI is InChI=1S/C23H19Br.2C2H6/c1-5-20-16(3)17(4)23(22-9-7-6-8-21(20)22)14-15(2)18-10-12-19(24)13-11-18;2*1-2/h5-14H,1-2,4H2,3H3;2*1-2H3/b23-14+;;. The molecule has 0 bridgehead atoms. The second-order valence-electron chi connectivity index (χ2n) is 5.86. The van der Waals surface area contributed by atoms with Gasteiger partial charge in [-0.05, 0) is 68.6 Å². The van der Waals surface area contributed by atoms with Crippen LogP contribution in [0.2, 0.25) is 0 Å². The average molecular weight is 435 g/mol. The Labute approximate surface area is 178 Å². The fourth-order valence-electron chi connectivity index (χ4n) is 3.03. The Morgan fingerprint density at radius 2 is 1.43 bits per heavy atom. The van der Waals surface area contributed by atoms with Gasteiger partial charge in [0.15, 0.2) is 0 Å². The maximum Gasteiger partial charge on any atom is 0.0175 e. The Morgan fingerprint density at radius 3 is 1.96 bits per heavy atom. The third-order valence-electron chi connectivity index (χ3n) is 4.43. The molecule has 0 amide bonds. The van der Waals surface area contributed by atoms with Crippen molar-refractivity contribution in [3.05, 3.63) is 93.3 Å². The van der Waals surface area contributed by atoms with E-state index < -0.39 is 0 Å². The summed E-state index contributed by atoms with van der Waals surface area (Å²) >= 11 is 3.47. The predicted molar refractivity (Wildman–Crippen MR) is 134 cm³/mol. The van der Waals surface area contributed by atoms with Gasteiger partial charge in [-0.2, -0.15) is 0 Å². The first-order valence-electron chi connectivity index (χ1n) is 9.82. The van der Waals surface area contributed by atoms with E-state index in [1.54, 1.807) is 0 Å². The lowest BCUT2D eigenvalue weighted by Crippen LogP contribution is -2.28. The summed E-state index contributed by atoms with van der Waals surface area (Å²) in [6.45, 7) is 22.6. The van der Waals surface area contributed by atoms with E-state index in [2.05, 4.69) is 85.1 Å². The summed E-state index contributed by atoms with van der Waals surface area (Å²) in [5.41, 5.74) is 4.40. The normalized spacial score (nSPS) is 10.4. The molecule has 0 atom stereocenters. The van der Waals surface area contributed by atoms with Crippen LogP contribution in [0.1, 0.15) is 44.4 Å². The monoisotopic (exact) mass is 434 g/mol. The molecule has 0 saturated carbocycles. The van der Waals surface area contributed by atoms with Gasteiger partial charge in [0.2, 0.25) is 0 Å². The number of hydrogen-bond donors (Lipinski definition) is 0. The van der Waals surface area contributed by atoms with Crippen molar-refractivity contribution in [3.8, 4) is 0 Å². The number of allylic oxidation sites excluding steroid dienone is 1. The highest BCUT2D eigenvalue weighted by Gasteiger charge is 2.06. The second kappa shape index (κ2) is 11.5. The molecule has 0 heterocycles. The van der Waals surface area contributed by atoms with Gasteiger partial charge in [0.1, 0.15) is 0 Å². The lowest BCUT2D eigenvalue weighted by atomic mass is 9.94. The van der Waals surface area contributed by atoms with Gasteiger partial charge in [0.25, 0.3) is 0 Å². The lowest BCUT2D eigenvalue weighted by molar-refractivity contribution is 1.39. The molecule has 0 N–H and O–H groups in total. The van der Waals surface area contributed by atoms with E-state index in [-0.39, 0.29) is 0 Å². The Bertz CT molecular complexity index is 1050. The molecule has 0 saturated heterocycles. The molecule has 3 aromatic carbocycles. The van der Waals surface area contributed by atoms with Gasteiger partial charge in [0, 0.05) is 4.47 Å². The fraction of sp³-hybridized carbons (Fsp3) is 0.185. The van der Waals surface area contributed by atoms with E-state index in [4.69, 9.17) is 0 Å². The molecule has 0 aliphatic rings. The van der Waals surface area contributed by atoms with Gasteiger partial charge >= 0.3 is 0 Å². The van der Waals surface area contributed by atoms with Gasteiger partial charge in [-0.15, -0.1) is 0 Å². The van der Waals surface area contributed by atoms with Crippen molar-refractivity contribution in [3.63, 3.8) is 0 Å². The van der Waals surface area contributed by atoms with Crippen molar-refractivity contribution < 1.29 is 0 Å². The molecule has 0 aromatic heterocycles. The van der Waals surface area contributed by atoms with E-state index in [1.807, 2.05) is 45.9 Å². The zero-order valence-electron chi connectivity index (χ0n) is 17.8. The first kappa shape index (κ1) is 23.7. The summed E-state index contributed by atoms with van der Waals surface area (Å²) in [6.07, 6.45) is 4.05. The largest absolute Gasteiger partial charge is 0.0984 e. The highest BCUT2D eigenvalue weighted by molar-refractivity contribution is 9.10. The van der Waals surface area contributed by atoms with Crippen LogP contribution in [0.15, 0.2) is 66.2 Å². The molecule has 28 heavy (non-hydrogen) atoms. The molecular formula is C27H31Br. The van der Waals surface area contributed by atoms with Crippen LogP contribution in [-0.2, 0) is 0 Å². The minimum atomic E-state index is 0.975. The first-order chi connectivity index (χ1) is 13.5. The van der Waals surface area contributed by atoms with E-state index in [9.17, 15) is 0 Å². The van der Waals surface area contributed by atoms with Gasteiger partial charge in [0.05, 0.1) is 0 Å². The molecular weight excluding hydrogens is 404 g/mol. The Morgan fingerprint density at radius 1 is 0.893 bits per heavy atom. The predicted octanol–water partition coefficient (Wildman–Crippen LogP) is 7.51. The van der Waals surface area contributed by atoms with Crippen LogP contribution in [0, 0.1) is 6.92 Å². The minimum absolute atomic E-state index is 0.975. The Balaban J connectivity index is 0.000000921. The summed E-state index contributed by atoms with van der Waals surface area (Å²) in [7, 11) is 0. The first-order valence-corrected chi connectivity index (χ1v) is 10.6.